The molecule has 1 fully saturated rings. The minimum absolute atomic E-state index is 0.123. The molecule has 0 aromatic carbocycles. The Hall–Kier alpha value is -2.07. The highest BCUT2D eigenvalue weighted by Gasteiger charge is 2.23. The van der Waals surface area contributed by atoms with Crippen molar-refractivity contribution in [2.24, 2.45) is 0 Å². The normalized spacial score (nSPS) is 14.8. The highest BCUT2D eigenvalue weighted by molar-refractivity contribution is 7.99. The quantitative estimate of drug-likeness (QED) is 0.358. The van der Waals surface area contributed by atoms with Crippen molar-refractivity contribution in [1.82, 2.24) is 24.6 Å². The van der Waals surface area contributed by atoms with E-state index in [1.54, 1.807) is 23.7 Å². The number of hydrogen-bond donors (Lipinski definition) is 0. The zero-order valence-electron chi connectivity index (χ0n) is 17.3. The molecule has 4 heterocycles. The topological polar surface area (TPSA) is 67.4 Å². The fourth-order valence-electron chi connectivity index (χ4n) is 3.54. The Morgan fingerprint density at radius 2 is 2.10 bits per heavy atom. The Kier molecular flexibility index (Phi) is 7.16. The van der Waals surface area contributed by atoms with Gasteiger partial charge in [-0.05, 0) is 25.1 Å². The molecule has 1 saturated heterocycles. The lowest BCUT2D eigenvalue weighted by molar-refractivity contribution is -0.130. The van der Waals surface area contributed by atoms with Crippen LogP contribution in [0.4, 0.5) is 0 Å². The number of thiophene rings is 1. The summed E-state index contributed by atoms with van der Waals surface area (Å²) in [7, 11) is 0. The van der Waals surface area contributed by atoms with E-state index < -0.39 is 0 Å². The lowest BCUT2D eigenvalue weighted by Crippen LogP contribution is -2.48. The number of halogens is 1. The largest absolute Gasteiger partial charge is 0.469 e. The molecular weight excluding hydrogens is 454 g/mol. The van der Waals surface area contributed by atoms with Gasteiger partial charge in [0.25, 0.3) is 0 Å². The standard InChI is InChI=1S/C21H24ClN5O2S2/c1-3-7-27-20(17-6-12-29-15(17)2)23-24-21(27)30-14-19(28)26-10-8-25(9-11-26)13-16-4-5-18(22)31-16/h3-6,12H,1,7-11,13-14H2,2H3. The molecule has 10 heteroatoms. The molecule has 0 radical (unpaired) electrons. The van der Waals surface area contributed by atoms with Gasteiger partial charge in [0.1, 0.15) is 5.76 Å². The lowest BCUT2D eigenvalue weighted by atomic mass is 10.2. The Bertz CT molecular complexity index is 1050. The molecule has 0 spiro atoms. The summed E-state index contributed by atoms with van der Waals surface area (Å²) >= 11 is 9.05. The number of carbonyl (C=O) groups is 1. The minimum atomic E-state index is 0.123. The van der Waals surface area contributed by atoms with Gasteiger partial charge in [0, 0.05) is 44.1 Å². The third kappa shape index (κ3) is 5.23. The molecule has 0 unspecified atom stereocenters. The van der Waals surface area contributed by atoms with E-state index in [-0.39, 0.29) is 5.91 Å². The van der Waals surface area contributed by atoms with Crippen molar-refractivity contribution in [3.63, 3.8) is 0 Å². The molecule has 3 aromatic rings. The molecule has 31 heavy (non-hydrogen) atoms. The molecule has 1 aliphatic rings. The van der Waals surface area contributed by atoms with Gasteiger partial charge in [-0.3, -0.25) is 14.3 Å². The summed E-state index contributed by atoms with van der Waals surface area (Å²) in [5.41, 5.74) is 0.899. The van der Waals surface area contributed by atoms with E-state index in [2.05, 4.69) is 27.7 Å². The molecule has 1 amide bonds. The number of aryl methyl sites for hydroxylation is 1. The van der Waals surface area contributed by atoms with E-state index in [0.29, 0.717) is 17.5 Å². The molecular formula is C21H24ClN5O2S2. The molecule has 0 aliphatic carbocycles. The van der Waals surface area contributed by atoms with Crippen LogP contribution in [0.15, 0.2) is 46.7 Å². The first-order valence-corrected chi connectivity index (χ1v) is 12.2. The van der Waals surface area contributed by atoms with Gasteiger partial charge in [-0.2, -0.15) is 0 Å². The van der Waals surface area contributed by atoms with Gasteiger partial charge >= 0.3 is 0 Å². The fraction of sp³-hybridized carbons (Fsp3) is 0.381. The average Bonchev–Trinajstić information content (AvgIpc) is 3.47. The third-order valence-electron chi connectivity index (χ3n) is 5.19. The second kappa shape index (κ2) is 10.0. The number of carbonyl (C=O) groups excluding carboxylic acids is 1. The number of allylic oxidation sites excluding steroid dienone is 1. The molecule has 7 nitrogen and oxygen atoms in total. The van der Waals surface area contributed by atoms with Crippen molar-refractivity contribution in [1.29, 1.82) is 0 Å². The molecule has 0 saturated carbocycles. The van der Waals surface area contributed by atoms with E-state index in [0.717, 1.165) is 54.2 Å². The van der Waals surface area contributed by atoms with Gasteiger partial charge < -0.3 is 9.32 Å². The summed E-state index contributed by atoms with van der Waals surface area (Å²) < 4.78 is 8.18. The number of nitrogens with zero attached hydrogens (tertiary/aromatic N) is 5. The van der Waals surface area contributed by atoms with Crippen LogP contribution in [0.1, 0.15) is 10.6 Å². The van der Waals surface area contributed by atoms with Gasteiger partial charge in [0.05, 0.1) is 21.9 Å². The zero-order valence-corrected chi connectivity index (χ0v) is 19.7. The molecule has 0 N–H and O–H groups in total. The monoisotopic (exact) mass is 477 g/mol. The summed E-state index contributed by atoms with van der Waals surface area (Å²) in [5.74, 6) is 1.97. The first-order chi connectivity index (χ1) is 15.0. The Morgan fingerprint density at radius 3 is 2.74 bits per heavy atom. The summed E-state index contributed by atoms with van der Waals surface area (Å²) in [4.78, 5) is 18.3. The Labute approximate surface area is 194 Å². The van der Waals surface area contributed by atoms with Crippen LogP contribution in [0.25, 0.3) is 11.4 Å². The highest BCUT2D eigenvalue weighted by Crippen LogP contribution is 2.27. The van der Waals surface area contributed by atoms with Crippen LogP contribution in [-0.2, 0) is 17.9 Å². The predicted molar refractivity (Wildman–Crippen MR) is 125 cm³/mol. The van der Waals surface area contributed by atoms with Crippen molar-refractivity contribution in [2.75, 3.05) is 31.9 Å². The van der Waals surface area contributed by atoms with E-state index in [9.17, 15) is 4.79 Å². The number of aromatic nitrogens is 3. The van der Waals surface area contributed by atoms with Crippen LogP contribution >= 0.6 is 34.7 Å². The van der Waals surface area contributed by atoms with Gasteiger partial charge in [-0.25, -0.2) is 0 Å². The number of furan rings is 1. The van der Waals surface area contributed by atoms with Crippen LogP contribution in [0.5, 0.6) is 0 Å². The number of hydrogen-bond acceptors (Lipinski definition) is 7. The minimum Gasteiger partial charge on any atom is -0.469 e. The highest BCUT2D eigenvalue weighted by atomic mass is 35.5. The van der Waals surface area contributed by atoms with Crippen molar-refractivity contribution in [2.45, 2.75) is 25.2 Å². The lowest BCUT2D eigenvalue weighted by Gasteiger charge is -2.34. The zero-order chi connectivity index (χ0) is 21.8. The van der Waals surface area contributed by atoms with Gasteiger partial charge in [-0.1, -0.05) is 29.4 Å². The maximum absolute atomic E-state index is 12.8. The third-order valence-corrected chi connectivity index (χ3v) is 7.35. The predicted octanol–water partition coefficient (Wildman–Crippen LogP) is 4.18. The smallest absolute Gasteiger partial charge is 0.233 e. The molecule has 0 atom stereocenters. The summed E-state index contributed by atoms with van der Waals surface area (Å²) in [6, 6.07) is 5.88. The average molecular weight is 478 g/mol. The van der Waals surface area contributed by atoms with Crippen molar-refractivity contribution in [3.05, 3.63) is 52.1 Å². The first-order valence-electron chi connectivity index (χ1n) is 10.0. The SMILES string of the molecule is C=CCn1c(SCC(=O)N2CCN(Cc3ccc(Cl)s3)CC2)nnc1-c1ccoc1C. The summed E-state index contributed by atoms with van der Waals surface area (Å²) in [6.07, 6.45) is 3.44. The van der Waals surface area contributed by atoms with E-state index >= 15 is 0 Å². The van der Waals surface area contributed by atoms with Gasteiger partial charge in [-0.15, -0.1) is 28.1 Å². The van der Waals surface area contributed by atoms with Crippen molar-refractivity contribution >= 4 is 40.6 Å². The van der Waals surface area contributed by atoms with Crippen LogP contribution < -0.4 is 0 Å². The summed E-state index contributed by atoms with van der Waals surface area (Å²) in [5, 5.41) is 9.34. The maximum Gasteiger partial charge on any atom is 0.233 e. The van der Waals surface area contributed by atoms with Crippen LogP contribution in [0, 0.1) is 6.92 Å². The Balaban J connectivity index is 1.32. The molecule has 1 aliphatic heterocycles. The van der Waals surface area contributed by atoms with Gasteiger partial charge in [0.15, 0.2) is 11.0 Å². The number of thioether (sulfide) groups is 1. The van der Waals surface area contributed by atoms with Crippen LogP contribution in [-0.4, -0.2) is 62.4 Å². The molecule has 3 aromatic heterocycles. The second-order valence-corrected chi connectivity index (χ2v) is 9.99. The number of amides is 1. The van der Waals surface area contributed by atoms with Gasteiger partial charge in [0.2, 0.25) is 5.91 Å². The second-order valence-electron chi connectivity index (χ2n) is 7.25. The van der Waals surface area contributed by atoms with E-state index in [4.69, 9.17) is 16.0 Å². The Morgan fingerprint density at radius 1 is 1.29 bits per heavy atom. The van der Waals surface area contributed by atoms with Crippen molar-refractivity contribution < 1.29 is 9.21 Å². The maximum atomic E-state index is 12.8. The number of rotatable bonds is 8. The fourth-order valence-corrected chi connectivity index (χ4v) is 5.52. The first kappa shape index (κ1) is 22.1. The summed E-state index contributed by atoms with van der Waals surface area (Å²) in [6.45, 7) is 10.4. The van der Waals surface area contributed by atoms with Crippen molar-refractivity contribution in [3.8, 4) is 11.4 Å². The number of piperazine rings is 1. The molecule has 0 bridgehead atoms. The molecule has 4 rings (SSSR count). The van der Waals surface area contributed by atoms with E-state index in [1.165, 1.54) is 16.6 Å². The van der Waals surface area contributed by atoms with Crippen LogP contribution in [0.2, 0.25) is 4.34 Å². The van der Waals surface area contributed by atoms with E-state index in [1.807, 2.05) is 28.5 Å². The van der Waals surface area contributed by atoms with Crippen LogP contribution in [0.3, 0.4) is 0 Å². The molecule has 164 valence electrons.